The van der Waals surface area contributed by atoms with E-state index in [2.05, 4.69) is 15.6 Å². The lowest BCUT2D eigenvalue weighted by Crippen LogP contribution is -2.59. The summed E-state index contributed by atoms with van der Waals surface area (Å²) in [6.45, 7) is 8.64. The summed E-state index contributed by atoms with van der Waals surface area (Å²) in [4.78, 5) is 45.4. The first kappa shape index (κ1) is 28.1. The molecule has 0 unspecified atom stereocenters. The number of hydrogen-bond donors (Lipinski definition) is 3. The minimum Gasteiger partial charge on any atom is -0.391 e. The zero-order chi connectivity index (χ0) is 28.0. The summed E-state index contributed by atoms with van der Waals surface area (Å²) in [6, 6.07) is 2.08. The van der Waals surface area contributed by atoms with Crippen molar-refractivity contribution in [1.29, 1.82) is 0 Å². The highest BCUT2D eigenvalue weighted by molar-refractivity contribution is 7.13. The number of alkyl halides is 1. The molecule has 2 heterocycles. The van der Waals surface area contributed by atoms with Crippen molar-refractivity contribution >= 4 is 29.1 Å². The van der Waals surface area contributed by atoms with Crippen LogP contribution in [-0.2, 0) is 14.4 Å². The van der Waals surface area contributed by atoms with Gasteiger partial charge in [-0.1, -0.05) is 32.9 Å². The minimum atomic E-state index is -1.95. The molecule has 3 amide bonds. The number of carbonyl (C=O) groups is 3. The standard InChI is InChI=1S/C27H34F2N4O4S/c1-14(16-6-7-18(19(28)10-16)21-15(2)30-13-38-21)31-23(35)20-11-17(34)12-33(20)24(36)22(26(3,4)5)32-25(37)27(29)8-9-27/h6-7,10,13-14,17,20,22,34H,8-9,11-12H2,1-5H3,(H,31,35)(H,32,37)/t14-,17+,20-,22-/m0/s1. The average Bonchev–Trinajstić information content (AvgIpc) is 3.25. The van der Waals surface area contributed by atoms with E-state index in [4.69, 9.17) is 0 Å². The molecule has 1 aromatic heterocycles. The van der Waals surface area contributed by atoms with Crippen molar-refractivity contribution in [2.24, 2.45) is 5.41 Å². The molecule has 4 atom stereocenters. The summed E-state index contributed by atoms with van der Waals surface area (Å²) in [7, 11) is 0. The molecule has 2 fully saturated rings. The molecule has 38 heavy (non-hydrogen) atoms. The zero-order valence-electron chi connectivity index (χ0n) is 22.2. The number of carbonyl (C=O) groups excluding carboxylic acids is 3. The van der Waals surface area contributed by atoms with Gasteiger partial charge in [-0.15, -0.1) is 11.3 Å². The summed E-state index contributed by atoms with van der Waals surface area (Å²) >= 11 is 1.34. The van der Waals surface area contributed by atoms with Crippen molar-refractivity contribution in [2.75, 3.05) is 6.54 Å². The number of nitrogens with one attached hydrogen (secondary N) is 2. The molecular formula is C27H34F2N4O4S. The van der Waals surface area contributed by atoms with Crippen LogP contribution in [0.15, 0.2) is 23.7 Å². The van der Waals surface area contributed by atoms with E-state index in [1.165, 1.54) is 22.3 Å². The maximum atomic E-state index is 14.9. The Morgan fingerprint density at radius 3 is 2.47 bits per heavy atom. The molecule has 3 N–H and O–H groups in total. The molecule has 1 saturated carbocycles. The van der Waals surface area contributed by atoms with Crippen molar-refractivity contribution in [3.05, 3.63) is 40.8 Å². The number of nitrogens with zero attached hydrogens (tertiary/aromatic N) is 2. The number of aryl methyl sites for hydroxylation is 1. The third kappa shape index (κ3) is 5.73. The SMILES string of the molecule is Cc1ncsc1-c1ccc([C@H](C)NC(=O)[C@@H]2C[C@@H](O)CN2C(=O)[C@H](NC(=O)C2(F)CC2)C(C)(C)C)cc1F. The van der Waals surface area contributed by atoms with Gasteiger partial charge in [-0.2, -0.15) is 0 Å². The second kappa shape index (κ2) is 10.3. The highest BCUT2D eigenvalue weighted by Crippen LogP contribution is 2.40. The average molecular weight is 549 g/mol. The van der Waals surface area contributed by atoms with Gasteiger partial charge in [0.15, 0.2) is 5.67 Å². The van der Waals surface area contributed by atoms with E-state index in [9.17, 15) is 28.3 Å². The fourth-order valence-corrected chi connectivity index (χ4v) is 5.49. The smallest absolute Gasteiger partial charge is 0.258 e. The number of aliphatic hydroxyl groups is 1. The molecule has 1 saturated heterocycles. The normalized spacial score (nSPS) is 22.1. The molecule has 2 aliphatic rings. The molecule has 2 aromatic rings. The number of likely N-dealkylation sites (tertiary alicyclic amines) is 1. The van der Waals surface area contributed by atoms with Crippen LogP contribution in [0.5, 0.6) is 0 Å². The topological polar surface area (TPSA) is 112 Å². The van der Waals surface area contributed by atoms with Gasteiger partial charge >= 0.3 is 0 Å². The molecule has 1 aliphatic carbocycles. The number of aromatic nitrogens is 1. The monoisotopic (exact) mass is 548 g/mol. The van der Waals surface area contributed by atoms with E-state index in [-0.39, 0.29) is 25.8 Å². The molecule has 8 nitrogen and oxygen atoms in total. The van der Waals surface area contributed by atoms with Gasteiger partial charge < -0.3 is 20.6 Å². The lowest BCUT2D eigenvalue weighted by molar-refractivity contribution is -0.145. The van der Waals surface area contributed by atoms with E-state index < -0.39 is 58.9 Å². The number of hydrogen-bond acceptors (Lipinski definition) is 6. The summed E-state index contributed by atoms with van der Waals surface area (Å²) in [6.07, 6.45) is -0.696. The second-order valence-electron chi connectivity index (χ2n) is 11.4. The highest BCUT2D eigenvalue weighted by Gasteiger charge is 2.53. The number of thiazole rings is 1. The maximum absolute atomic E-state index is 14.9. The van der Waals surface area contributed by atoms with Crippen molar-refractivity contribution < 1.29 is 28.3 Å². The van der Waals surface area contributed by atoms with E-state index >= 15 is 0 Å². The van der Waals surface area contributed by atoms with Crippen LogP contribution in [0, 0.1) is 18.2 Å². The molecule has 4 rings (SSSR count). The van der Waals surface area contributed by atoms with Crippen LogP contribution in [0.1, 0.15) is 64.3 Å². The number of amides is 3. The van der Waals surface area contributed by atoms with Crippen molar-refractivity contribution in [2.45, 2.75) is 83.8 Å². The molecule has 0 radical (unpaired) electrons. The number of rotatable bonds is 7. The Morgan fingerprint density at radius 1 is 1.24 bits per heavy atom. The van der Waals surface area contributed by atoms with Gasteiger partial charge in [-0.25, -0.2) is 13.8 Å². The quantitative estimate of drug-likeness (QED) is 0.491. The Hall–Kier alpha value is -2.92. The lowest BCUT2D eigenvalue weighted by atomic mass is 9.85. The fraction of sp³-hybridized carbons (Fsp3) is 0.556. The van der Waals surface area contributed by atoms with E-state index in [1.807, 2.05) is 6.92 Å². The fourth-order valence-electron chi connectivity index (χ4n) is 4.66. The van der Waals surface area contributed by atoms with Gasteiger partial charge in [-0.05, 0) is 43.7 Å². The second-order valence-corrected chi connectivity index (χ2v) is 12.2. The van der Waals surface area contributed by atoms with Gasteiger partial charge in [0.1, 0.15) is 17.9 Å². The van der Waals surface area contributed by atoms with Crippen LogP contribution in [0.25, 0.3) is 10.4 Å². The number of halogens is 2. The van der Waals surface area contributed by atoms with Gasteiger partial charge in [0, 0.05) is 18.5 Å². The number of benzene rings is 1. The molecule has 0 spiro atoms. The zero-order valence-corrected chi connectivity index (χ0v) is 23.0. The Labute approximate surface area is 224 Å². The summed E-state index contributed by atoms with van der Waals surface area (Å²) in [5, 5.41) is 15.7. The van der Waals surface area contributed by atoms with Crippen LogP contribution in [0.2, 0.25) is 0 Å². The van der Waals surface area contributed by atoms with Crippen LogP contribution >= 0.6 is 11.3 Å². The predicted molar refractivity (Wildman–Crippen MR) is 139 cm³/mol. The maximum Gasteiger partial charge on any atom is 0.258 e. The van der Waals surface area contributed by atoms with Gasteiger partial charge in [-0.3, -0.25) is 14.4 Å². The van der Waals surface area contributed by atoms with Crippen LogP contribution in [0.3, 0.4) is 0 Å². The summed E-state index contributed by atoms with van der Waals surface area (Å²) in [5.74, 6) is -2.34. The van der Waals surface area contributed by atoms with Crippen LogP contribution in [0.4, 0.5) is 8.78 Å². The molecule has 1 aliphatic heterocycles. The van der Waals surface area contributed by atoms with Crippen molar-refractivity contribution in [1.82, 2.24) is 20.5 Å². The number of β-amino-alcohol motifs (C(OH)–C–C–N with tert-alkyl or cyclic N) is 1. The van der Waals surface area contributed by atoms with Crippen molar-refractivity contribution in [3.8, 4) is 10.4 Å². The number of aliphatic hydroxyl groups excluding tert-OH is 1. The summed E-state index contributed by atoms with van der Waals surface area (Å²) < 4.78 is 29.3. The first-order valence-electron chi connectivity index (χ1n) is 12.7. The van der Waals surface area contributed by atoms with E-state index in [0.29, 0.717) is 11.1 Å². The largest absolute Gasteiger partial charge is 0.391 e. The van der Waals surface area contributed by atoms with Gasteiger partial charge in [0.25, 0.3) is 5.91 Å². The van der Waals surface area contributed by atoms with Crippen molar-refractivity contribution in [3.63, 3.8) is 0 Å². The third-order valence-corrected chi connectivity index (χ3v) is 8.15. The van der Waals surface area contributed by atoms with Gasteiger partial charge in [0.2, 0.25) is 11.8 Å². The molecular weight excluding hydrogens is 514 g/mol. The molecule has 0 bridgehead atoms. The molecule has 206 valence electrons. The lowest BCUT2D eigenvalue weighted by Gasteiger charge is -2.35. The first-order valence-corrected chi connectivity index (χ1v) is 13.6. The third-order valence-electron chi connectivity index (χ3n) is 7.19. The highest BCUT2D eigenvalue weighted by atomic mass is 32.1. The van der Waals surface area contributed by atoms with E-state index in [0.717, 1.165) is 10.6 Å². The van der Waals surface area contributed by atoms with Gasteiger partial charge in [0.05, 0.1) is 28.2 Å². The Balaban J connectivity index is 1.48. The van der Waals surface area contributed by atoms with Crippen LogP contribution < -0.4 is 10.6 Å². The Morgan fingerprint density at radius 2 is 1.92 bits per heavy atom. The minimum absolute atomic E-state index is 0.0140. The van der Waals surface area contributed by atoms with Crippen LogP contribution in [-0.4, -0.2) is 63.1 Å². The molecule has 1 aromatic carbocycles. The summed E-state index contributed by atoms with van der Waals surface area (Å²) in [5.41, 5.74) is 0.632. The van der Waals surface area contributed by atoms with E-state index in [1.54, 1.807) is 45.3 Å². The first-order chi connectivity index (χ1) is 17.7. The Bertz CT molecular complexity index is 1240. The predicted octanol–water partition coefficient (Wildman–Crippen LogP) is 3.43. The molecule has 11 heteroatoms. The Kier molecular flexibility index (Phi) is 7.64.